The Balaban J connectivity index is 3.09. The highest BCUT2D eigenvalue weighted by atomic mass is 32.2. The van der Waals surface area contributed by atoms with E-state index in [0.717, 1.165) is 18.1 Å². The van der Waals surface area contributed by atoms with Gasteiger partial charge in [-0.05, 0) is 26.8 Å². The molecule has 144 valence electrons. The summed E-state index contributed by atoms with van der Waals surface area (Å²) in [5.41, 5.74) is -6.49. The Morgan fingerprint density at radius 2 is 1.80 bits per heavy atom. The maximum atomic E-state index is 12.4. The van der Waals surface area contributed by atoms with Gasteiger partial charge >= 0.3 is 27.7 Å². The molecule has 0 N–H and O–H groups in total. The summed E-state index contributed by atoms with van der Waals surface area (Å²) in [6.07, 6.45) is -0.484. The highest BCUT2D eigenvalue weighted by molar-refractivity contribution is 7.87. The van der Waals surface area contributed by atoms with Gasteiger partial charge in [0.15, 0.2) is 6.04 Å². The molecule has 8 nitrogen and oxygen atoms in total. The van der Waals surface area contributed by atoms with Crippen molar-refractivity contribution in [2.75, 3.05) is 13.7 Å². The van der Waals surface area contributed by atoms with Crippen LogP contribution in [0.15, 0.2) is 11.8 Å². The minimum Gasteiger partial charge on any atom is -0.467 e. The van der Waals surface area contributed by atoms with Crippen molar-refractivity contribution in [3.63, 3.8) is 0 Å². The summed E-state index contributed by atoms with van der Waals surface area (Å²) in [4.78, 5) is 24.8. The van der Waals surface area contributed by atoms with Crippen LogP contribution in [0, 0.1) is 0 Å². The van der Waals surface area contributed by atoms with Crippen LogP contribution in [0.1, 0.15) is 27.2 Å². The van der Waals surface area contributed by atoms with Crippen LogP contribution in [0.2, 0.25) is 0 Å². The number of carbonyl (C=O) groups is 2. The van der Waals surface area contributed by atoms with E-state index in [0.29, 0.717) is 0 Å². The second kappa shape index (κ2) is 7.10. The van der Waals surface area contributed by atoms with Gasteiger partial charge in [0.1, 0.15) is 11.4 Å². The Morgan fingerprint density at radius 1 is 1.24 bits per heavy atom. The van der Waals surface area contributed by atoms with Crippen LogP contribution in [0.25, 0.3) is 0 Å². The first kappa shape index (κ1) is 21.1. The Labute approximate surface area is 142 Å². The minimum atomic E-state index is -5.87. The molecule has 1 rings (SSSR count). The predicted molar refractivity (Wildman–Crippen MR) is 77.5 cm³/mol. The number of alkyl halides is 3. The van der Waals surface area contributed by atoms with Gasteiger partial charge in [-0.3, -0.25) is 4.90 Å². The predicted octanol–water partition coefficient (Wildman–Crippen LogP) is 1.92. The molecule has 0 fully saturated rings. The van der Waals surface area contributed by atoms with Crippen molar-refractivity contribution in [3.05, 3.63) is 11.8 Å². The van der Waals surface area contributed by atoms with Crippen molar-refractivity contribution in [1.82, 2.24) is 4.90 Å². The first-order chi connectivity index (χ1) is 11.2. The van der Waals surface area contributed by atoms with E-state index in [9.17, 15) is 31.2 Å². The molecule has 0 radical (unpaired) electrons. The van der Waals surface area contributed by atoms with Crippen molar-refractivity contribution in [2.24, 2.45) is 0 Å². The van der Waals surface area contributed by atoms with Crippen molar-refractivity contribution >= 4 is 22.2 Å². The zero-order valence-corrected chi connectivity index (χ0v) is 14.7. The summed E-state index contributed by atoms with van der Waals surface area (Å²) in [6, 6.07) is -1.48. The number of amides is 1. The standard InChI is InChI=1S/C13H18F3NO7S/c1-12(2,3)23-11(19)17-6-5-8(7-9(17)10(18)22-4)24-25(20,21)13(14,15)16/h7,9H,5-6H2,1-4H3/t9-/m1/s1. The van der Waals surface area contributed by atoms with Crippen LogP contribution < -0.4 is 0 Å². The lowest BCUT2D eigenvalue weighted by Gasteiger charge is -2.33. The second-order valence-electron chi connectivity index (χ2n) is 6.01. The lowest BCUT2D eigenvalue weighted by Crippen LogP contribution is -2.49. The minimum absolute atomic E-state index is 0.298. The summed E-state index contributed by atoms with van der Waals surface area (Å²) in [6.45, 7) is 4.46. The van der Waals surface area contributed by atoms with Gasteiger partial charge in [0.25, 0.3) is 0 Å². The van der Waals surface area contributed by atoms with Crippen molar-refractivity contribution in [1.29, 1.82) is 0 Å². The van der Waals surface area contributed by atoms with Crippen molar-refractivity contribution in [3.8, 4) is 0 Å². The van der Waals surface area contributed by atoms with E-state index in [1.165, 1.54) is 0 Å². The first-order valence-corrected chi connectivity index (χ1v) is 8.37. The number of hydrogen-bond donors (Lipinski definition) is 0. The molecule has 1 heterocycles. The number of hydrogen-bond acceptors (Lipinski definition) is 7. The lowest BCUT2D eigenvalue weighted by molar-refractivity contribution is -0.145. The van der Waals surface area contributed by atoms with Gasteiger partial charge in [0.2, 0.25) is 0 Å². The van der Waals surface area contributed by atoms with Crippen LogP contribution in [0.5, 0.6) is 0 Å². The Morgan fingerprint density at radius 3 is 2.24 bits per heavy atom. The van der Waals surface area contributed by atoms with Crippen molar-refractivity contribution < 1.29 is 44.8 Å². The fourth-order valence-electron chi connectivity index (χ4n) is 1.82. The molecule has 0 aliphatic carbocycles. The second-order valence-corrected chi connectivity index (χ2v) is 7.55. The highest BCUT2D eigenvalue weighted by Crippen LogP contribution is 2.29. The number of carbonyl (C=O) groups excluding carboxylic acids is 2. The molecule has 12 heteroatoms. The molecule has 0 unspecified atom stereocenters. The van der Waals surface area contributed by atoms with Crippen molar-refractivity contribution in [2.45, 2.75) is 44.3 Å². The zero-order valence-electron chi connectivity index (χ0n) is 13.9. The third kappa shape index (κ3) is 5.51. The molecule has 0 aromatic heterocycles. The SMILES string of the molecule is COC(=O)[C@H]1C=C(OS(=O)(=O)C(F)(F)F)CCN1C(=O)OC(C)(C)C. The average molecular weight is 389 g/mol. The Bertz CT molecular complexity index is 664. The Kier molecular flexibility index (Phi) is 5.98. The van der Waals surface area contributed by atoms with Crippen LogP contribution in [0.3, 0.4) is 0 Å². The van der Waals surface area contributed by atoms with Gasteiger partial charge in [-0.2, -0.15) is 21.6 Å². The van der Waals surface area contributed by atoms with Gasteiger partial charge in [0, 0.05) is 13.0 Å². The van der Waals surface area contributed by atoms with E-state index in [1.807, 2.05) is 0 Å². The van der Waals surface area contributed by atoms with E-state index in [4.69, 9.17) is 4.74 Å². The van der Waals surface area contributed by atoms with Gasteiger partial charge in [-0.15, -0.1) is 0 Å². The molecule has 0 aromatic carbocycles. The number of esters is 1. The molecule has 0 saturated carbocycles. The number of ether oxygens (including phenoxy) is 2. The molecular formula is C13H18F3NO7S. The molecule has 1 atom stereocenters. The van der Waals surface area contributed by atoms with Gasteiger partial charge in [-0.1, -0.05) is 0 Å². The number of halogens is 3. The highest BCUT2D eigenvalue weighted by Gasteiger charge is 2.49. The fraction of sp³-hybridized carbons (Fsp3) is 0.692. The topological polar surface area (TPSA) is 99.2 Å². The number of rotatable bonds is 3. The van der Waals surface area contributed by atoms with Gasteiger partial charge in [0.05, 0.1) is 7.11 Å². The van der Waals surface area contributed by atoms with Gasteiger partial charge < -0.3 is 13.7 Å². The maximum Gasteiger partial charge on any atom is 0.534 e. The van der Waals surface area contributed by atoms with E-state index < -0.39 is 45.1 Å². The Hall–Kier alpha value is -1.98. The van der Waals surface area contributed by atoms with Crippen LogP contribution in [0.4, 0.5) is 18.0 Å². The third-order valence-corrected chi connectivity index (χ3v) is 3.85. The van der Waals surface area contributed by atoms with Gasteiger partial charge in [-0.25, -0.2) is 9.59 Å². The van der Waals surface area contributed by atoms with Crippen LogP contribution in [-0.4, -0.2) is 56.2 Å². The zero-order chi connectivity index (χ0) is 19.6. The largest absolute Gasteiger partial charge is 0.534 e. The summed E-state index contributed by atoms with van der Waals surface area (Å²) in [5.74, 6) is -1.61. The summed E-state index contributed by atoms with van der Waals surface area (Å²) in [7, 11) is -4.87. The molecule has 1 aliphatic heterocycles. The quantitative estimate of drug-likeness (QED) is 0.413. The smallest absolute Gasteiger partial charge is 0.467 e. The average Bonchev–Trinajstić information content (AvgIpc) is 2.42. The molecular weight excluding hydrogens is 371 g/mol. The monoisotopic (exact) mass is 389 g/mol. The first-order valence-electron chi connectivity index (χ1n) is 6.97. The number of methoxy groups -OCH3 is 1. The fourth-order valence-corrected chi connectivity index (χ4v) is 2.33. The summed E-state index contributed by atoms with van der Waals surface area (Å²) >= 11 is 0. The van der Waals surface area contributed by atoms with Crippen LogP contribution in [-0.2, 0) is 28.6 Å². The molecule has 25 heavy (non-hydrogen) atoms. The molecule has 1 aliphatic rings. The molecule has 0 spiro atoms. The third-order valence-electron chi connectivity index (χ3n) is 2.85. The normalized spacial score (nSPS) is 19.1. The number of nitrogens with zero attached hydrogens (tertiary/aromatic N) is 1. The van der Waals surface area contributed by atoms with E-state index >= 15 is 0 Å². The maximum absolute atomic E-state index is 12.4. The molecule has 0 bridgehead atoms. The van der Waals surface area contributed by atoms with Crippen LogP contribution >= 0.6 is 0 Å². The molecule has 1 amide bonds. The molecule has 0 aromatic rings. The summed E-state index contributed by atoms with van der Waals surface area (Å²) in [5, 5.41) is 0. The van der Waals surface area contributed by atoms with E-state index in [-0.39, 0.29) is 13.0 Å². The van der Waals surface area contributed by atoms with E-state index in [1.54, 1.807) is 20.8 Å². The molecule has 0 saturated heterocycles. The lowest BCUT2D eigenvalue weighted by atomic mass is 10.1. The van der Waals surface area contributed by atoms with E-state index in [2.05, 4.69) is 8.92 Å². The summed E-state index contributed by atoms with van der Waals surface area (Å²) < 4.78 is 72.9.